The molecular weight excluding hydrogens is 418 g/mol. The first kappa shape index (κ1) is 22.0. The van der Waals surface area contributed by atoms with E-state index in [-0.39, 0.29) is 5.91 Å². The molecule has 0 aliphatic heterocycles. The Morgan fingerprint density at radius 2 is 1.79 bits per heavy atom. The third kappa shape index (κ3) is 5.01. The Kier molecular flexibility index (Phi) is 5.83. The Bertz CT molecular complexity index is 1310. The van der Waals surface area contributed by atoms with Crippen molar-refractivity contribution in [2.45, 2.75) is 26.4 Å². The minimum Gasteiger partial charge on any atom is -0.443 e. The van der Waals surface area contributed by atoms with E-state index in [0.29, 0.717) is 17.1 Å². The number of anilines is 2. The predicted octanol–water partition coefficient (Wildman–Crippen LogP) is 5.02. The molecule has 0 saturated carbocycles. The molecule has 0 unspecified atom stereocenters. The second-order valence-electron chi connectivity index (χ2n) is 8.55. The number of pyridine rings is 2. The van der Waals surface area contributed by atoms with E-state index < -0.39 is 11.7 Å². The summed E-state index contributed by atoms with van der Waals surface area (Å²) in [4.78, 5) is 35.1. The lowest BCUT2D eigenvalue weighted by atomic mass is 10.2. The maximum absolute atomic E-state index is 12.5. The van der Waals surface area contributed by atoms with Gasteiger partial charge in [0.2, 0.25) is 0 Å². The minimum absolute atomic E-state index is 0.236. The quantitative estimate of drug-likeness (QED) is 0.478. The number of nitrogens with zero attached hydrogens (tertiary/aromatic N) is 4. The Balaban J connectivity index is 1.62. The number of fused-ring (bicyclic) bond motifs is 1. The maximum Gasteiger partial charge on any atom is 0.414 e. The van der Waals surface area contributed by atoms with E-state index in [2.05, 4.69) is 15.3 Å². The molecule has 0 bridgehead atoms. The lowest BCUT2D eigenvalue weighted by Gasteiger charge is -2.24. The molecule has 0 spiro atoms. The van der Waals surface area contributed by atoms with Gasteiger partial charge in [0.15, 0.2) is 0 Å². The maximum atomic E-state index is 12.5. The van der Waals surface area contributed by atoms with Crippen molar-refractivity contribution in [1.29, 1.82) is 0 Å². The van der Waals surface area contributed by atoms with Gasteiger partial charge in [-0.2, -0.15) is 0 Å². The molecule has 4 aromatic rings. The number of hydrogen-bond donors (Lipinski definition) is 1. The zero-order valence-corrected chi connectivity index (χ0v) is 18.9. The highest BCUT2D eigenvalue weighted by atomic mass is 16.6. The van der Waals surface area contributed by atoms with E-state index in [9.17, 15) is 9.59 Å². The zero-order chi connectivity index (χ0) is 23.6. The van der Waals surface area contributed by atoms with Crippen molar-refractivity contribution in [3.8, 4) is 11.3 Å². The van der Waals surface area contributed by atoms with Gasteiger partial charge in [0.25, 0.3) is 5.91 Å². The molecule has 3 heterocycles. The number of aromatic nitrogens is 3. The summed E-state index contributed by atoms with van der Waals surface area (Å²) < 4.78 is 7.35. The van der Waals surface area contributed by atoms with Crippen molar-refractivity contribution in [3.63, 3.8) is 0 Å². The van der Waals surface area contributed by atoms with Crippen LogP contribution in [-0.4, -0.2) is 39.0 Å². The van der Waals surface area contributed by atoms with E-state index in [0.717, 1.165) is 16.9 Å². The molecule has 1 N–H and O–H groups in total. The van der Waals surface area contributed by atoms with Crippen molar-refractivity contribution in [2.75, 3.05) is 17.3 Å². The topological polar surface area (TPSA) is 88.8 Å². The number of nitrogens with one attached hydrogen (secondary N) is 1. The lowest BCUT2D eigenvalue weighted by molar-refractivity contribution is 0.0589. The molecule has 2 amide bonds. The van der Waals surface area contributed by atoms with E-state index in [1.54, 1.807) is 37.6 Å². The summed E-state index contributed by atoms with van der Waals surface area (Å²) in [5, 5.41) is 2.83. The van der Waals surface area contributed by atoms with Gasteiger partial charge in [-0.1, -0.05) is 18.2 Å². The molecule has 3 aromatic heterocycles. The molecule has 0 aliphatic rings. The molecular formula is C25H25N5O3. The normalized spacial score (nSPS) is 11.3. The van der Waals surface area contributed by atoms with Gasteiger partial charge < -0.3 is 10.1 Å². The van der Waals surface area contributed by atoms with Crippen molar-refractivity contribution in [3.05, 3.63) is 78.8 Å². The summed E-state index contributed by atoms with van der Waals surface area (Å²) in [6.07, 6.45) is 4.75. The highest BCUT2D eigenvalue weighted by Gasteiger charge is 2.21. The molecule has 0 saturated heterocycles. The van der Waals surface area contributed by atoms with E-state index in [1.165, 1.54) is 4.90 Å². The summed E-state index contributed by atoms with van der Waals surface area (Å²) in [5.41, 5.74) is 2.95. The number of carbonyl (C=O) groups is 2. The number of benzene rings is 1. The number of imidazole rings is 1. The van der Waals surface area contributed by atoms with Crippen LogP contribution in [0.4, 0.5) is 16.3 Å². The number of hydrogen-bond acceptors (Lipinski definition) is 5. The minimum atomic E-state index is -0.590. The summed E-state index contributed by atoms with van der Waals surface area (Å²) in [5.74, 6) is 0.193. The van der Waals surface area contributed by atoms with Crippen molar-refractivity contribution in [2.24, 2.45) is 0 Å². The second-order valence-corrected chi connectivity index (χ2v) is 8.55. The Morgan fingerprint density at radius 3 is 2.52 bits per heavy atom. The molecule has 0 radical (unpaired) electrons. The van der Waals surface area contributed by atoms with Crippen LogP contribution in [0.3, 0.4) is 0 Å². The first-order valence-corrected chi connectivity index (χ1v) is 10.5. The first-order chi connectivity index (χ1) is 15.7. The standard InChI is InChI=1S/C25H25N5O3/c1-25(2,3)33-24(32)29(4)19-10-11-22-27-15-20(30(22)16-19)18-12-13-26-21(14-18)28-23(31)17-8-6-5-7-9-17/h5-16H,1-4H3,(H,26,28,31). The fraction of sp³-hybridized carbons (Fsp3) is 0.200. The fourth-order valence-electron chi connectivity index (χ4n) is 3.25. The van der Waals surface area contributed by atoms with Gasteiger partial charge in [-0.15, -0.1) is 0 Å². The summed E-state index contributed by atoms with van der Waals surface area (Å²) in [6.45, 7) is 5.48. The van der Waals surface area contributed by atoms with Crippen LogP contribution < -0.4 is 10.2 Å². The molecule has 33 heavy (non-hydrogen) atoms. The van der Waals surface area contributed by atoms with Gasteiger partial charge in [0.05, 0.1) is 17.6 Å². The molecule has 0 fully saturated rings. The highest BCUT2D eigenvalue weighted by molar-refractivity contribution is 6.03. The van der Waals surface area contributed by atoms with Crippen LogP contribution in [0.2, 0.25) is 0 Å². The van der Waals surface area contributed by atoms with Gasteiger partial charge in [0, 0.05) is 30.6 Å². The SMILES string of the molecule is CN(C(=O)OC(C)(C)C)c1ccc2ncc(-c3ccnc(NC(=O)c4ccccc4)c3)n2c1. The van der Waals surface area contributed by atoms with Gasteiger partial charge in [0.1, 0.15) is 17.1 Å². The molecule has 8 nitrogen and oxygen atoms in total. The van der Waals surface area contributed by atoms with Gasteiger partial charge in [-0.3, -0.25) is 14.1 Å². The number of amides is 2. The van der Waals surface area contributed by atoms with Crippen LogP contribution in [0.25, 0.3) is 16.9 Å². The van der Waals surface area contributed by atoms with Crippen LogP contribution in [0.15, 0.2) is 73.2 Å². The van der Waals surface area contributed by atoms with Crippen molar-refractivity contribution < 1.29 is 14.3 Å². The second kappa shape index (κ2) is 8.74. The van der Waals surface area contributed by atoms with Gasteiger partial charge in [-0.25, -0.2) is 14.8 Å². The average Bonchev–Trinajstić information content (AvgIpc) is 3.21. The summed E-state index contributed by atoms with van der Waals surface area (Å²) in [6, 6.07) is 16.2. The predicted molar refractivity (Wildman–Crippen MR) is 127 cm³/mol. The summed E-state index contributed by atoms with van der Waals surface area (Å²) in [7, 11) is 1.66. The fourth-order valence-corrected chi connectivity index (χ4v) is 3.25. The van der Waals surface area contributed by atoms with Crippen molar-refractivity contribution in [1.82, 2.24) is 14.4 Å². The van der Waals surface area contributed by atoms with Crippen LogP contribution >= 0.6 is 0 Å². The first-order valence-electron chi connectivity index (χ1n) is 10.5. The van der Waals surface area contributed by atoms with Crippen LogP contribution in [0.1, 0.15) is 31.1 Å². The highest BCUT2D eigenvalue weighted by Crippen LogP contribution is 2.25. The Labute approximate surface area is 191 Å². The third-order valence-electron chi connectivity index (χ3n) is 4.88. The van der Waals surface area contributed by atoms with E-state index >= 15 is 0 Å². The Hall–Kier alpha value is -4.20. The lowest BCUT2D eigenvalue weighted by Crippen LogP contribution is -2.34. The molecule has 0 atom stereocenters. The van der Waals surface area contributed by atoms with Crippen LogP contribution in [0.5, 0.6) is 0 Å². The molecule has 1 aromatic carbocycles. The van der Waals surface area contributed by atoms with E-state index in [1.807, 2.05) is 67.8 Å². The molecule has 0 aliphatic carbocycles. The summed E-state index contributed by atoms with van der Waals surface area (Å²) >= 11 is 0. The van der Waals surface area contributed by atoms with Gasteiger partial charge in [-0.05, 0) is 57.2 Å². The number of ether oxygens (including phenoxy) is 1. The third-order valence-corrected chi connectivity index (χ3v) is 4.88. The molecule has 4 rings (SSSR count). The van der Waals surface area contributed by atoms with Crippen LogP contribution in [-0.2, 0) is 4.74 Å². The largest absolute Gasteiger partial charge is 0.443 e. The van der Waals surface area contributed by atoms with Crippen LogP contribution in [0, 0.1) is 0 Å². The van der Waals surface area contributed by atoms with E-state index in [4.69, 9.17) is 4.74 Å². The van der Waals surface area contributed by atoms with Gasteiger partial charge >= 0.3 is 6.09 Å². The van der Waals surface area contributed by atoms with Crippen molar-refractivity contribution >= 4 is 29.2 Å². The number of carbonyl (C=O) groups excluding carboxylic acids is 2. The molecule has 168 valence electrons. The number of rotatable bonds is 4. The smallest absolute Gasteiger partial charge is 0.414 e. The Morgan fingerprint density at radius 1 is 1.03 bits per heavy atom. The molecule has 8 heteroatoms. The zero-order valence-electron chi connectivity index (χ0n) is 18.9. The average molecular weight is 444 g/mol. The monoisotopic (exact) mass is 443 g/mol.